The zero-order chi connectivity index (χ0) is 26.2. The van der Waals surface area contributed by atoms with E-state index in [0.717, 1.165) is 0 Å². The molecule has 5 aliphatic heterocycles. The largest absolute Gasteiger partial charge is 0.425 e. The Morgan fingerprint density at radius 3 is 1.61 bits per heavy atom. The van der Waals surface area contributed by atoms with E-state index in [1.54, 1.807) is 0 Å². The first-order valence-corrected chi connectivity index (χ1v) is 14.4. The molecule has 1 unspecified atom stereocenters. The fourth-order valence-corrected chi connectivity index (χ4v) is 8.97. The van der Waals surface area contributed by atoms with Crippen molar-refractivity contribution in [2.75, 3.05) is 0 Å². The molecule has 8 heterocycles. The molecule has 7 aromatic rings. The van der Waals surface area contributed by atoms with Crippen LogP contribution >= 0.6 is 0 Å². The van der Waals surface area contributed by atoms with Crippen molar-refractivity contribution in [2.45, 2.75) is 12.0 Å². The van der Waals surface area contributed by atoms with Crippen molar-refractivity contribution in [3.05, 3.63) is 141 Å². The van der Waals surface area contributed by atoms with Gasteiger partial charge in [0.05, 0.1) is 38.3 Å². The molecule has 0 aliphatic carbocycles. The van der Waals surface area contributed by atoms with Crippen LogP contribution < -0.4 is 21.4 Å². The zero-order valence-electron chi connectivity index (χ0n) is 21.9. The second kappa shape index (κ2) is 6.03. The van der Waals surface area contributed by atoms with Crippen molar-refractivity contribution in [2.24, 2.45) is 0 Å². The Balaban J connectivity index is 1.50. The molecule has 0 radical (unpaired) electrons. The van der Waals surface area contributed by atoms with Crippen molar-refractivity contribution < 1.29 is 4.58 Å². The third-order valence-electron chi connectivity index (χ3n) is 10.3. The van der Waals surface area contributed by atoms with Crippen LogP contribution in [0.15, 0.2) is 97.1 Å². The lowest BCUT2D eigenvalue weighted by molar-refractivity contribution is -0.679. The molecule has 4 aromatic carbocycles. The van der Waals surface area contributed by atoms with Gasteiger partial charge in [0.15, 0.2) is 0 Å². The van der Waals surface area contributed by atoms with Gasteiger partial charge < -0.3 is 0 Å². The molecule has 2 atom stereocenters. The Morgan fingerprint density at radius 1 is 0.488 bits per heavy atom. The van der Waals surface area contributed by atoms with Gasteiger partial charge in [-0.25, -0.2) is 13.7 Å². The third-order valence-corrected chi connectivity index (χ3v) is 10.3. The predicted octanol–water partition coefficient (Wildman–Crippen LogP) is 3.64. The highest BCUT2D eigenvalue weighted by atomic mass is 15.6. The Kier molecular flexibility index (Phi) is 2.89. The molecule has 0 amide bonds. The maximum absolute atomic E-state index is 2.72. The summed E-state index contributed by atoms with van der Waals surface area (Å²) in [5.74, 6) is -0.636. The quantitative estimate of drug-likeness (QED) is 0.271. The van der Waals surface area contributed by atoms with E-state index in [1.807, 2.05) is 0 Å². The highest BCUT2D eigenvalue weighted by Crippen LogP contribution is 2.46. The molecule has 0 saturated heterocycles. The van der Waals surface area contributed by atoms with E-state index in [9.17, 15) is 0 Å². The average molecular weight is 522 g/mol. The van der Waals surface area contributed by atoms with Crippen molar-refractivity contribution in [3.8, 4) is 0 Å². The summed E-state index contributed by atoms with van der Waals surface area (Å²) >= 11 is 0. The van der Waals surface area contributed by atoms with Crippen LogP contribution in [0.3, 0.4) is 0 Å². The van der Waals surface area contributed by atoms with Crippen LogP contribution in [0.25, 0.3) is 56.6 Å². The second-order valence-corrected chi connectivity index (χ2v) is 11.9. The molecular formula is C37H21N4+. The molecule has 41 heavy (non-hydrogen) atoms. The molecule has 3 aromatic heterocycles. The molecule has 1 spiro atoms. The van der Waals surface area contributed by atoms with E-state index in [-0.39, 0.29) is 6.04 Å². The first kappa shape index (κ1) is 19.7. The normalized spacial score (nSPS) is 21.2. The fraction of sp³-hybridized carbons (Fsp3) is 0.0541. The number of fused-ring (bicyclic) bond motifs is 12. The fourth-order valence-electron chi connectivity index (χ4n) is 8.97. The van der Waals surface area contributed by atoms with E-state index in [2.05, 4.69) is 140 Å². The molecule has 4 heteroatoms. The van der Waals surface area contributed by atoms with Crippen molar-refractivity contribution in [3.63, 3.8) is 0 Å². The first-order chi connectivity index (χ1) is 20.4. The Hall–Kier alpha value is -5.35. The summed E-state index contributed by atoms with van der Waals surface area (Å²) in [7, 11) is 0. The summed E-state index contributed by atoms with van der Waals surface area (Å²) in [6.07, 6.45) is 9.86. The summed E-state index contributed by atoms with van der Waals surface area (Å²) < 4.78 is 10.7. The Labute approximate surface area is 233 Å². The highest BCUT2D eigenvalue weighted by molar-refractivity contribution is 6.21. The van der Waals surface area contributed by atoms with Crippen LogP contribution in [0.1, 0.15) is 28.6 Å². The summed E-state index contributed by atoms with van der Waals surface area (Å²) in [5.41, 5.74) is 6.58. The smallest absolute Gasteiger partial charge is 0.241 e. The van der Waals surface area contributed by atoms with E-state index >= 15 is 0 Å². The van der Waals surface area contributed by atoms with Crippen molar-refractivity contribution in [1.29, 1.82) is 0 Å². The summed E-state index contributed by atoms with van der Waals surface area (Å²) in [4.78, 5) is 0. The number of aromatic nitrogens is 3. The molecule has 5 aliphatic rings. The molecule has 12 rings (SSSR count). The van der Waals surface area contributed by atoms with Crippen LogP contribution in [0.2, 0.25) is 0 Å². The number of benzene rings is 4. The molecular weight excluding hydrogens is 500 g/mol. The summed E-state index contributed by atoms with van der Waals surface area (Å²) in [6.45, 7) is 0. The minimum Gasteiger partial charge on any atom is -0.241 e. The topological polar surface area (TPSA) is 17.8 Å². The summed E-state index contributed by atoms with van der Waals surface area (Å²) in [6, 6.07) is 36.1. The third kappa shape index (κ3) is 1.82. The van der Waals surface area contributed by atoms with Crippen LogP contribution in [-0.4, -0.2) is 24.0 Å². The van der Waals surface area contributed by atoms with Gasteiger partial charge in [-0.15, -0.1) is 0 Å². The lowest BCUT2D eigenvalue weighted by atomic mass is 10.00. The molecule has 0 saturated carbocycles. The SMILES string of the molecule is C1=c2c3ccccc3c3n2[C@]24n5c(c6ccccc6c5C=c5c6ccccc6c(n52)=CC2c5ccccc5C1=[N+]24)C=3. The average Bonchev–Trinajstić information content (AvgIpc) is 3.74. The van der Waals surface area contributed by atoms with Crippen LogP contribution in [-0.2, 0) is 5.91 Å². The molecule has 0 bridgehead atoms. The van der Waals surface area contributed by atoms with E-state index in [1.165, 1.54) is 81.9 Å². The zero-order valence-corrected chi connectivity index (χ0v) is 21.9. The molecule has 0 N–H and O–H groups in total. The Bertz CT molecular complexity index is 2730. The predicted molar refractivity (Wildman–Crippen MR) is 163 cm³/mol. The number of hydrogen-bond acceptors (Lipinski definition) is 0. The van der Waals surface area contributed by atoms with Gasteiger partial charge in [0.2, 0.25) is 11.8 Å². The van der Waals surface area contributed by atoms with Crippen molar-refractivity contribution in [1.82, 2.24) is 13.7 Å². The van der Waals surface area contributed by atoms with Crippen LogP contribution in [0, 0.1) is 0 Å². The highest BCUT2D eigenvalue weighted by Gasteiger charge is 2.63. The van der Waals surface area contributed by atoms with Gasteiger partial charge in [-0.2, -0.15) is 4.58 Å². The Morgan fingerprint density at radius 2 is 0.976 bits per heavy atom. The van der Waals surface area contributed by atoms with Crippen LogP contribution in [0.5, 0.6) is 0 Å². The van der Waals surface area contributed by atoms with Gasteiger partial charge in [0.25, 0.3) is 0 Å². The number of nitrogens with zero attached hydrogens (tertiary/aromatic N) is 4. The lowest BCUT2D eigenvalue weighted by Gasteiger charge is -2.43. The lowest BCUT2D eigenvalue weighted by Crippen LogP contribution is -2.72. The maximum Gasteiger partial charge on any atom is 0.425 e. The van der Waals surface area contributed by atoms with Crippen LogP contribution in [0.4, 0.5) is 0 Å². The second-order valence-electron chi connectivity index (χ2n) is 11.9. The van der Waals surface area contributed by atoms with Gasteiger partial charge in [0, 0.05) is 50.0 Å². The van der Waals surface area contributed by atoms with Gasteiger partial charge in [0.1, 0.15) is 0 Å². The standard InChI is InChI=1S/C37H21N4/c1-2-10-22-21(9-1)29-17-31-23-11-3-4-12-24(23)33-19-35-27-15-7-8-16-28(27)36-20-34-26-14-6-5-13-25(26)32-18-30(22)38(29)37(39(31)33,40(32)34)41(35)36/h1-20,29H/q+1/t29?,37-/m1/s1. The number of hydrogen-bond donors (Lipinski definition) is 0. The monoisotopic (exact) mass is 521 g/mol. The van der Waals surface area contributed by atoms with Gasteiger partial charge >= 0.3 is 5.91 Å². The summed E-state index contributed by atoms with van der Waals surface area (Å²) in [5, 5.41) is 13.0. The van der Waals surface area contributed by atoms with Crippen molar-refractivity contribution >= 4 is 62.3 Å². The van der Waals surface area contributed by atoms with E-state index in [4.69, 9.17) is 0 Å². The first-order valence-electron chi connectivity index (χ1n) is 14.4. The van der Waals surface area contributed by atoms with E-state index in [0.29, 0.717) is 0 Å². The molecule has 0 fully saturated rings. The molecule has 4 nitrogen and oxygen atoms in total. The minimum absolute atomic E-state index is 0.116. The van der Waals surface area contributed by atoms with Gasteiger partial charge in [-0.05, 0) is 18.2 Å². The minimum atomic E-state index is -0.636. The molecule has 188 valence electrons. The maximum atomic E-state index is 2.72. The number of rotatable bonds is 0. The van der Waals surface area contributed by atoms with E-state index < -0.39 is 5.91 Å². The van der Waals surface area contributed by atoms with Gasteiger partial charge in [-0.3, -0.25) is 0 Å². The van der Waals surface area contributed by atoms with Gasteiger partial charge in [-0.1, -0.05) is 91.0 Å².